The second-order valence-electron chi connectivity index (χ2n) is 9.69. The van der Waals surface area contributed by atoms with Crippen molar-refractivity contribution in [2.75, 3.05) is 17.2 Å². The van der Waals surface area contributed by atoms with Crippen molar-refractivity contribution in [2.45, 2.75) is 25.5 Å². The number of fused-ring (bicyclic) bond motifs is 1. The first kappa shape index (κ1) is 25.1. The van der Waals surface area contributed by atoms with Gasteiger partial charge >= 0.3 is 5.97 Å². The first-order chi connectivity index (χ1) is 19.4. The Kier molecular flexibility index (Phi) is 6.40. The van der Waals surface area contributed by atoms with Gasteiger partial charge in [0.25, 0.3) is 5.89 Å². The molecule has 1 aliphatic heterocycles. The van der Waals surface area contributed by atoms with Gasteiger partial charge in [-0.25, -0.2) is 9.78 Å². The van der Waals surface area contributed by atoms with Gasteiger partial charge in [-0.05, 0) is 49.7 Å². The highest BCUT2D eigenvalue weighted by molar-refractivity contribution is 5.95. The summed E-state index contributed by atoms with van der Waals surface area (Å²) in [5, 5.41) is 20.8. The molecule has 5 aromatic rings. The maximum Gasteiger partial charge on any atom is 0.339 e. The summed E-state index contributed by atoms with van der Waals surface area (Å²) in [5.41, 5.74) is 3.33. The number of ether oxygens (including phenoxy) is 1. The number of carbonyl (C=O) groups is 1. The van der Waals surface area contributed by atoms with E-state index in [0.29, 0.717) is 28.5 Å². The van der Waals surface area contributed by atoms with Crippen LogP contribution in [0.4, 0.5) is 17.5 Å². The van der Waals surface area contributed by atoms with Gasteiger partial charge in [0.1, 0.15) is 17.0 Å². The van der Waals surface area contributed by atoms with Crippen molar-refractivity contribution in [1.29, 1.82) is 0 Å². The van der Waals surface area contributed by atoms with Crippen LogP contribution in [0.5, 0.6) is 0 Å². The van der Waals surface area contributed by atoms with E-state index >= 15 is 0 Å². The molecule has 11 nitrogen and oxygen atoms in total. The number of cyclic esters (lactones) is 1. The Bertz CT molecular complexity index is 1670. The highest BCUT2D eigenvalue weighted by Gasteiger charge is 2.37. The third-order valence-corrected chi connectivity index (χ3v) is 6.57. The van der Waals surface area contributed by atoms with Gasteiger partial charge in [0.2, 0.25) is 11.8 Å². The van der Waals surface area contributed by atoms with Crippen molar-refractivity contribution in [3.8, 4) is 22.8 Å². The maximum atomic E-state index is 12.2. The van der Waals surface area contributed by atoms with E-state index < -0.39 is 11.6 Å². The number of hydrogen-bond donors (Lipinski definition) is 3. The standard InChI is InChI=1S/C29H25N7O4/c1-29(2)22-14-19(8-9-20(22)27(38)39-29)32-28-31-15-21(26-34-24(36-40-26)18-10-12-30-13-11-18)25(35-28)33-23(16-37)17-6-4-3-5-7-17/h3-15,23,37H,16H2,1-2H3,(H2,31,32,33,35)/t23-/m1/s1. The zero-order chi connectivity index (χ0) is 27.7. The molecule has 40 heavy (non-hydrogen) atoms. The van der Waals surface area contributed by atoms with Crippen molar-refractivity contribution in [3.63, 3.8) is 0 Å². The topological polar surface area (TPSA) is 148 Å². The van der Waals surface area contributed by atoms with Crippen LogP contribution in [0, 0.1) is 0 Å². The molecule has 2 aromatic carbocycles. The lowest BCUT2D eigenvalue weighted by Crippen LogP contribution is -2.17. The van der Waals surface area contributed by atoms with E-state index in [1.807, 2.05) is 50.2 Å². The van der Waals surface area contributed by atoms with Crippen molar-refractivity contribution in [2.24, 2.45) is 0 Å². The lowest BCUT2D eigenvalue weighted by molar-refractivity contribution is 0.00954. The number of benzene rings is 2. The van der Waals surface area contributed by atoms with Gasteiger partial charge in [0.15, 0.2) is 0 Å². The predicted octanol–water partition coefficient (Wildman–Crippen LogP) is 4.88. The van der Waals surface area contributed by atoms with Gasteiger partial charge in [-0.2, -0.15) is 9.97 Å². The molecular weight excluding hydrogens is 510 g/mol. The number of esters is 1. The molecule has 4 heterocycles. The van der Waals surface area contributed by atoms with E-state index in [1.54, 1.807) is 42.9 Å². The second-order valence-corrected chi connectivity index (χ2v) is 9.69. The fraction of sp³-hybridized carbons (Fsp3) is 0.172. The number of aromatic nitrogens is 5. The van der Waals surface area contributed by atoms with Crippen LogP contribution in [0.3, 0.4) is 0 Å². The molecule has 3 aromatic heterocycles. The molecule has 0 spiro atoms. The third kappa shape index (κ3) is 4.85. The zero-order valence-electron chi connectivity index (χ0n) is 21.7. The van der Waals surface area contributed by atoms with E-state index in [9.17, 15) is 9.90 Å². The highest BCUT2D eigenvalue weighted by atomic mass is 16.6. The summed E-state index contributed by atoms with van der Waals surface area (Å²) in [6.07, 6.45) is 4.87. The largest absolute Gasteiger partial charge is 0.451 e. The summed E-state index contributed by atoms with van der Waals surface area (Å²) in [7, 11) is 0. The van der Waals surface area contributed by atoms with Crippen LogP contribution in [0.15, 0.2) is 83.8 Å². The molecule has 0 radical (unpaired) electrons. The monoisotopic (exact) mass is 535 g/mol. The van der Waals surface area contributed by atoms with Crippen LogP contribution in [-0.2, 0) is 10.3 Å². The molecule has 1 atom stereocenters. The number of nitrogens with zero attached hydrogens (tertiary/aromatic N) is 5. The molecule has 0 saturated heterocycles. The molecule has 0 saturated carbocycles. The average Bonchev–Trinajstić information content (AvgIpc) is 3.55. The van der Waals surface area contributed by atoms with E-state index in [-0.39, 0.29) is 24.4 Å². The number of pyridine rings is 1. The minimum atomic E-state index is -0.740. The molecule has 11 heteroatoms. The van der Waals surface area contributed by atoms with Crippen molar-refractivity contribution in [3.05, 3.63) is 95.9 Å². The number of carbonyl (C=O) groups excluding carboxylic acids is 1. The summed E-state index contributed by atoms with van der Waals surface area (Å²) >= 11 is 0. The molecule has 200 valence electrons. The average molecular weight is 536 g/mol. The van der Waals surface area contributed by atoms with Gasteiger partial charge in [0.05, 0.1) is 18.2 Å². The number of aliphatic hydroxyl groups is 1. The van der Waals surface area contributed by atoms with Crippen LogP contribution in [0.2, 0.25) is 0 Å². The predicted molar refractivity (Wildman–Crippen MR) is 147 cm³/mol. The van der Waals surface area contributed by atoms with Gasteiger partial charge in [-0.15, -0.1) is 0 Å². The van der Waals surface area contributed by atoms with Crippen LogP contribution >= 0.6 is 0 Å². The van der Waals surface area contributed by atoms with Crippen LogP contribution < -0.4 is 10.6 Å². The molecule has 0 unspecified atom stereocenters. The third-order valence-electron chi connectivity index (χ3n) is 6.57. The fourth-order valence-electron chi connectivity index (χ4n) is 4.51. The Morgan fingerprint density at radius 1 is 1.00 bits per heavy atom. The van der Waals surface area contributed by atoms with Crippen LogP contribution in [-0.4, -0.2) is 42.8 Å². The fourth-order valence-corrected chi connectivity index (χ4v) is 4.51. The van der Waals surface area contributed by atoms with Crippen LogP contribution in [0.25, 0.3) is 22.8 Å². The van der Waals surface area contributed by atoms with Gasteiger partial charge in [-0.1, -0.05) is 35.5 Å². The summed E-state index contributed by atoms with van der Waals surface area (Å²) in [5.74, 6) is 0.920. The number of rotatable bonds is 8. The Balaban J connectivity index is 1.36. The van der Waals surface area contributed by atoms with Gasteiger partial charge < -0.3 is 25.0 Å². The molecule has 3 N–H and O–H groups in total. The number of anilines is 3. The Morgan fingerprint density at radius 3 is 2.58 bits per heavy atom. The summed E-state index contributed by atoms with van der Waals surface area (Å²) < 4.78 is 11.1. The van der Waals surface area contributed by atoms with Crippen molar-refractivity contribution >= 4 is 23.4 Å². The minimum absolute atomic E-state index is 0.184. The number of nitrogens with one attached hydrogen (secondary N) is 2. The normalized spacial score (nSPS) is 14.3. The van der Waals surface area contributed by atoms with Crippen molar-refractivity contribution in [1.82, 2.24) is 25.1 Å². The lowest BCUT2D eigenvalue weighted by Gasteiger charge is -2.20. The minimum Gasteiger partial charge on any atom is -0.451 e. The Hall–Kier alpha value is -5.16. The highest BCUT2D eigenvalue weighted by Crippen LogP contribution is 2.38. The van der Waals surface area contributed by atoms with Crippen molar-refractivity contribution < 1.29 is 19.2 Å². The maximum absolute atomic E-state index is 12.2. The molecule has 0 aliphatic carbocycles. The molecular formula is C29H25N7O4. The first-order valence-corrected chi connectivity index (χ1v) is 12.6. The number of hydrogen-bond acceptors (Lipinski definition) is 11. The molecule has 1 aliphatic rings. The smallest absolute Gasteiger partial charge is 0.339 e. The first-order valence-electron chi connectivity index (χ1n) is 12.6. The SMILES string of the molecule is CC1(C)OC(=O)c2ccc(Nc3ncc(-c4nc(-c5ccncc5)no4)c(N[C@H](CO)c4ccccc4)n3)cc21. The second kappa shape index (κ2) is 10.2. The van der Waals surface area contributed by atoms with Gasteiger partial charge in [0, 0.05) is 35.4 Å². The summed E-state index contributed by atoms with van der Waals surface area (Å²) in [4.78, 5) is 29.9. The van der Waals surface area contributed by atoms with Crippen LogP contribution in [0.1, 0.15) is 41.4 Å². The molecule has 0 amide bonds. The lowest BCUT2D eigenvalue weighted by atomic mass is 9.95. The molecule has 0 bridgehead atoms. The van der Waals surface area contributed by atoms with E-state index in [2.05, 4.69) is 30.7 Å². The number of aliphatic hydroxyl groups excluding tert-OH is 1. The quantitative estimate of drug-likeness (QED) is 0.233. The summed E-state index contributed by atoms with van der Waals surface area (Å²) in [6.45, 7) is 3.50. The molecule has 0 fully saturated rings. The zero-order valence-corrected chi connectivity index (χ0v) is 21.7. The van der Waals surface area contributed by atoms with E-state index in [0.717, 1.165) is 16.7 Å². The van der Waals surface area contributed by atoms with E-state index in [4.69, 9.17) is 14.2 Å². The van der Waals surface area contributed by atoms with E-state index in [1.165, 1.54) is 0 Å². The van der Waals surface area contributed by atoms with Gasteiger partial charge in [-0.3, -0.25) is 4.98 Å². The Labute approximate surface area is 229 Å². The molecule has 6 rings (SSSR count). The summed E-state index contributed by atoms with van der Waals surface area (Å²) in [6, 6.07) is 18.0. The Morgan fingerprint density at radius 2 is 1.80 bits per heavy atom.